The van der Waals surface area contributed by atoms with E-state index in [0.717, 1.165) is 10.0 Å². The zero-order valence-corrected chi connectivity index (χ0v) is 13.7. The normalized spacial score (nSPS) is 11.3. The van der Waals surface area contributed by atoms with Crippen LogP contribution >= 0.6 is 15.9 Å². The minimum absolute atomic E-state index is 0.0400. The zero-order valence-electron chi connectivity index (χ0n) is 11.3. The van der Waals surface area contributed by atoms with Crippen LogP contribution in [0.3, 0.4) is 0 Å². The Morgan fingerprint density at radius 2 is 1.95 bits per heavy atom. The molecule has 0 aromatic heterocycles. The summed E-state index contributed by atoms with van der Waals surface area (Å²) < 4.78 is 32.2. The maximum atomic E-state index is 11.7. The first kappa shape index (κ1) is 15.8. The van der Waals surface area contributed by atoms with E-state index in [1.54, 1.807) is 6.07 Å². The Kier molecular flexibility index (Phi) is 4.87. The van der Waals surface area contributed by atoms with Gasteiger partial charge in [-0.2, -0.15) is 0 Å². The van der Waals surface area contributed by atoms with Crippen molar-refractivity contribution >= 4 is 31.6 Å². The molecule has 0 saturated heterocycles. The van der Waals surface area contributed by atoms with Gasteiger partial charge in [-0.1, -0.05) is 34.1 Å². The zero-order chi connectivity index (χ0) is 15.5. The summed E-state index contributed by atoms with van der Waals surface area (Å²) in [5.74, 6) is 0.512. The van der Waals surface area contributed by atoms with Gasteiger partial charge < -0.3 is 10.5 Å². The molecule has 0 saturated carbocycles. The minimum Gasteiger partial charge on any atom is -0.489 e. The fourth-order valence-corrected chi connectivity index (χ4v) is 2.98. The van der Waals surface area contributed by atoms with Gasteiger partial charge in [-0.05, 0) is 25.2 Å². The molecule has 0 aliphatic heterocycles. The van der Waals surface area contributed by atoms with Crippen LogP contribution in [0.5, 0.6) is 5.75 Å². The average molecular weight is 371 g/mol. The first-order valence-corrected chi connectivity index (χ1v) is 8.41. The lowest BCUT2D eigenvalue weighted by molar-refractivity contribution is 0.305. The molecule has 0 radical (unpaired) electrons. The second-order valence-electron chi connectivity index (χ2n) is 4.29. The van der Waals surface area contributed by atoms with Crippen LogP contribution < -0.4 is 15.2 Å². The predicted molar refractivity (Wildman–Crippen MR) is 85.6 cm³/mol. The van der Waals surface area contributed by atoms with Crippen LogP contribution in [0.25, 0.3) is 0 Å². The molecule has 7 heteroatoms. The molecule has 2 aromatic carbocycles. The van der Waals surface area contributed by atoms with Crippen molar-refractivity contribution in [1.29, 1.82) is 0 Å². The number of anilines is 1. The molecule has 0 spiro atoms. The first-order valence-electron chi connectivity index (χ1n) is 6.13. The Balaban J connectivity index is 2.17. The first-order chi connectivity index (χ1) is 9.94. The van der Waals surface area contributed by atoms with Crippen LogP contribution in [0, 0.1) is 0 Å². The second-order valence-corrected chi connectivity index (χ2v) is 7.00. The molecule has 112 valence electrons. The molecule has 0 aliphatic carbocycles. The molecule has 0 bridgehead atoms. The Labute approximate surface area is 132 Å². The molecule has 0 atom stereocenters. The highest BCUT2D eigenvalue weighted by molar-refractivity contribution is 9.10. The lowest BCUT2D eigenvalue weighted by atomic mass is 10.2. The van der Waals surface area contributed by atoms with Crippen molar-refractivity contribution in [3.8, 4) is 5.75 Å². The topological polar surface area (TPSA) is 81.4 Å². The van der Waals surface area contributed by atoms with Crippen LogP contribution in [0.15, 0.2) is 51.8 Å². The van der Waals surface area contributed by atoms with Gasteiger partial charge in [-0.15, -0.1) is 0 Å². The van der Waals surface area contributed by atoms with Crippen molar-refractivity contribution in [2.75, 3.05) is 12.8 Å². The van der Waals surface area contributed by atoms with Gasteiger partial charge in [0.05, 0.1) is 5.69 Å². The molecule has 0 fully saturated rings. The number of nitrogens with one attached hydrogen (secondary N) is 1. The number of benzene rings is 2. The van der Waals surface area contributed by atoms with E-state index >= 15 is 0 Å². The third-order valence-electron chi connectivity index (χ3n) is 2.89. The molecule has 0 aliphatic rings. The fraction of sp³-hybridized carbons (Fsp3) is 0.143. The molecule has 3 N–H and O–H groups in total. The van der Waals surface area contributed by atoms with E-state index in [0.29, 0.717) is 12.4 Å². The molecule has 2 rings (SSSR count). The lowest BCUT2D eigenvalue weighted by Gasteiger charge is -2.11. The summed E-state index contributed by atoms with van der Waals surface area (Å²) in [7, 11) is -2.22. The van der Waals surface area contributed by atoms with Gasteiger partial charge in [0.25, 0.3) is 0 Å². The molecule has 21 heavy (non-hydrogen) atoms. The summed E-state index contributed by atoms with van der Waals surface area (Å²) in [6, 6.07) is 12.2. The number of hydrogen-bond acceptors (Lipinski definition) is 4. The summed E-state index contributed by atoms with van der Waals surface area (Å²) in [4.78, 5) is 0.0400. The monoisotopic (exact) mass is 370 g/mol. The van der Waals surface area contributed by atoms with Crippen LogP contribution in [-0.2, 0) is 16.6 Å². The van der Waals surface area contributed by atoms with Crippen molar-refractivity contribution in [3.05, 3.63) is 52.5 Å². The highest BCUT2D eigenvalue weighted by Crippen LogP contribution is 2.25. The van der Waals surface area contributed by atoms with Gasteiger partial charge >= 0.3 is 0 Å². The van der Waals surface area contributed by atoms with E-state index in [2.05, 4.69) is 20.7 Å². The highest BCUT2D eigenvalue weighted by Gasteiger charge is 2.15. The van der Waals surface area contributed by atoms with Gasteiger partial charge in [0.2, 0.25) is 10.0 Å². The minimum atomic E-state index is -3.56. The van der Waals surface area contributed by atoms with Crippen molar-refractivity contribution in [2.24, 2.45) is 0 Å². The number of nitrogens with two attached hydrogens (primary N) is 1. The van der Waals surface area contributed by atoms with Gasteiger partial charge in [0.1, 0.15) is 17.3 Å². The molecular weight excluding hydrogens is 356 g/mol. The van der Waals surface area contributed by atoms with Gasteiger partial charge in [0, 0.05) is 16.1 Å². The maximum Gasteiger partial charge on any atom is 0.242 e. The predicted octanol–water partition coefficient (Wildman–Crippen LogP) is 2.52. The molecule has 5 nitrogen and oxygen atoms in total. The number of hydrogen-bond donors (Lipinski definition) is 2. The Morgan fingerprint density at radius 1 is 1.24 bits per heavy atom. The van der Waals surface area contributed by atoms with E-state index in [1.165, 1.54) is 19.2 Å². The SMILES string of the molecule is CNS(=O)(=O)c1ccc(OCc2ccccc2Br)cc1N. The molecular formula is C14H15BrN2O3S. The van der Waals surface area contributed by atoms with Crippen molar-refractivity contribution < 1.29 is 13.2 Å². The number of nitrogen functional groups attached to an aromatic ring is 1. The third-order valence-corrected chi connectivity index (χ3v) is 5.15. The fourth-order valence-electron chi connectivity index (χ4n) is 1.75. The van der Waals surface area contributed by atoms with Crippen LogP contribution in [-0.4, -0.2) is 15.5 Å². The third kappa shape index (κ3) is 3.75. The molecule has 0 unspecified atom stereocenters. The van der Waals surface area contributed by atoms with Gasteiger partial charge in [-0.3, -0.25) is 0 Å². The van der Waals surface area contributed by atoms with E-state index < -0.39 is 10.0 Å². The standard InChI is InChI=1S/C14H15BrN2O3S/c1-17-21(18,19)14-7-6-11(8-13(14)16)20-9-10-4-2-3-5-12(10)15/h2-8,17H,9,16H2,1H3. The molecule has 0 heterocycles. The highest BCUT2D eigenvalue weighted by atomic mass is 79.9. The van der Waals surface area contributed by atoms with Crippen LogP contribution in [0.4, 0.5) is 5.69 Å². The number of halogens is 1. The largest absolute Gasteiger partial charge is 0.489 e. The van der Waals surface area contributed by atoms with Crippen LogP contribution in [0.2, 0.25) is 0 Å². The van der Waals surface area contributed by atoms with Crippen LogP contribution in [0.1, 0.15) is 5.56 Å². The summed E-state index contributed by atoms with van der Waals surface area (Å²) in [6.45, 7) is 0.360. The van der Waals surface area contributed by atoms with Gasteiger partial charge in [0.15, 0.2) is 0 Å². The number of ether oxygens (including phenoxy) is 1. The van der Waals surface area contributed by atoms with Gasteiger partial charge in [-0.25, -0.2) is 13.1 Å². The summed E-state index contributed by atoms with van der Waals surface area (Å²) in [5, 5.41) is 0. The quantitative estimate of drug-likeness (QED) is 0.792. The summed E-state index contributed by atoms with van der Waals surface area (Å²) >= 11 is 3.44. The van der Waals surface area contributed by atoms with E-state index in [1.807, 2.05) is 24.3 Å². The smallest absolute Gasteiger partial charge is 0.242 e. The van der Waals surface area contributed by atoms with E-state index in [-0.39, 0.29) is 10.6 Å². The van der Waals surface area contributed by atoms with Crippen molar-refractivity contribution in [1.82, 2.24) is 4.72 Å². The number of rotatable bonds is 5. The Morgan fingerprint density at radius 3 is 2.57 bits per heavy atom. The summed E-state index contributed by atoms with van der Waals surface area (Å²) in [6.07, 6.45) is 0. The number of sulfonamides is 1. The second kappa shape index (κ2) is 6.46. The Bertz CT molecular complexity index is 748. The Hall–Kier alpha value is -1.57. The maximum absolute atomic E-state index is 11.7. The molecule has 2 aromatic rings. The molecule has 0 amide bonds. The van der Waals surface area contributed by atoms with E-state index in [9.17, 15) is 8.42 Å². The lowest BCUT2D eigenvalue weighted by Crippen LogP contribution is -2.19. The van der Waals surface area contributed by atoms with E-state index in [4.69, 9.17) is 10.5 Å². The average Bonchev–Trinajstić information content (AvgIpc) is 2.46. The van der Waals surface area contributed by atoms with Crippen molar-refractivity contribution in [2.45, 2.75) is 11.5 Å². The van der Waals surface area contributed by atoms with Crippen molar-refractivity contribution in [3.63, 3.8) is 0 Å². The summed E-state index contributed by atoms with van der Waals surface area (Å²) in [5.41, 5.74) is 6.91.